The zero-order valence-electron chi connectivity index (χ0n) is 17.8. The van der Waals surface area contributed by atoms with Crippen LogP contribution in [0.4, 0.5) is 5.69 Å². The number of rotatable bonds is 7. The molecule has 0 saturated carbocycles. The number of carbonyl (C=O) groups is 2. The molecule has 32 heavy (non-hydrogen) atoms. The molecule has 1 fully saturated rings. The van der Waals surface area contributed by atoms with E-state index in [9.17, 15) is 18.0 Å². The van der Waals surface area contributed by atoms with Gasteiger partial charge in [0.25, 0.3) is 5.91 Å². The number of piperidine rings is 1. The molecule has 0 aromatic heterocycles. The SMILES string of the molecule is COc1ccc(S(=O)(=O)N2CCC(C(=O)OCC(=O)Nc3cccc(Cl)c3C)CC2)cc1. The Hall–Kier alpha value is -2.62. The number of anilines is 1. The zero-order valence-corrected chi connectivity index (χ0v) is 19.4. The van der Waals surface area contributed by atoms with Crippen molar-refractivity contribution in [3.05, 3.63) is 53.1 Å². The number of hydrogen-bond donors (Lipinski definition) is 1. The minimum Gasteiger partial charge on any atom is -0.497 e. The van der Waals surface area contributed by atoms with Gasteiger partial charge < -0.3 is 14.8 Å². The van der Waals surface area contributed by atoms with Crippen molar-refractivity contribution >= 4 is 39.2 Å². The fraction of sp³-hybridized carbons (Fsp3) is 0.364. The highest BCUT2D eigenvalue weighted by molar-refractivity contribution is 7.89. The van der Waals surface area contributed by atoms with Gasteiger partial charge in [0.1, 0.15) is 5.75 Å². The normalized spacial score (nSPS) is 15.2. The van der Waals surface area contributed by atoms with Gasteiger partial charge in [-0.15, -0.1) is 0 Å². The van der Waals surface area contributed by atoms with Crippen LogP contribution in [-0.4, -0.2) is 51.4 Å². The van der Waals surface area contributed by atoms with Crippen molar-refractivity contribution in [2.75, 3.05) is 32.1 Å². The Balaban J connectivity index is 1.49. The van der Waals surface area contributed by atoms with E-state index in [1.807, 2.05) is 0 Å². The minimum atomic E-state index is -3.65. The minimum absolute atomic E-state index is 0.173. The molecule has 0 bridgehead atoms. The number of methoxy groups -OCH3 is 1. The van der Waals surface area contributed by atoms with E-state index in [4.69, 9.17) is 21.1 Å². The molecule has 0 aliphatic carbocycles. The van der Waals surface area contributed by atoms with E-state index in [0.29, 0.717) is 29.3 Å². The Kier molecular flexibility index (Phi) is 7.76. The van der Waals surface area contributed by atoms with Crippen molar-refractivity contribution in [3.63, 3.8) is 0 Å². The Bertz CT molecular complexity index is 1080. The van der Waals surface area contributed by atoms with Crippen molar-refractivity contribution in [2.24, 2.45) is 5.92 Å². The fourth-order valence-electron chi connectivity index (χ4n) is 3.41. The van der Waals surface area contributed by atoms with Crippen molar-refractivity contribution in [2.45, 2.75) is 24.7 Å². The second-order valence-corrected chi connectivity index (χ2v) is 9.77. The predicted molar refractivity (Wildman–Crippen MR) is 120 cm³/mol. The van der Waals surface area contributed by atoms with Crippen molar-refractivity contribution < 1.29 is 27.5 Å². The lowest BCUT2D eigenvalue weighted by atomic mass is 9.98. The number of amides is 1. The first-order valence-electron chi connectivity index (χ1n) is 10.1. The molecule has 1 aliphatic rings. The van der Waals surface area contributed by atoms with Gasteiger partial charge in [-0.2, -0.15) is 4.31 Å². The van der Waals surface area contributed by atoms with Crippen LogP contribution in [0.15, 0.2) is 47.4 Å². The van der Waals surface area contributed by atoms with E-state index < -0.39 is 34.4 Å². The van der Waals surface area contributed by atoms with E-state index in [1.165, 1.54) is 23.5 Å². The molecular weight excluding hydrogens is 456 g/mol. The van der Waals surface area contributed by atoms with Gasteiger partial charge in [0.15, 0.2) is 6.61 Å². The summed E-state index contributed by atoms with van der Waals surface area (Å²) in [5.41, 5.74) is 1.27. The molecule has 1 aliphatic heterocycles. The highest BCUT2D eigenvalue weighted by Gasteiger charge is 2.33. The Morgan fingerprint density at radius 2 is 1.78 bits per heavy atom. The summed E-state index contributed by atoms with van der Waals surface area (Å²) in [5, 5.41) is 3.19. The second-order valence-electron chi connectivity index (χ2n) is 7.42. The summed E-state index contributed by atoms with van der Waals surface area (Å²) in [6, 6.07) is 11.3. The first-order chi connectivity index (χ1) is 15.2. The summed E-state index contributed by atoms with van der Waals surface area (Å²) in [5.74, 6) is -0.870. The molecule has 1 saturated heterocycles. The summed E-state index contributed by atoms with van der Waals surface area (Å²) >= 11 is 6.03. The smallest absolute Gasteiger partial charge is 0.309 e. The summed E-state index contributed by atoms with van der Waals surface area (Å²) in [7, 11) is -2.14. The van der Waals surface area contributed by atoms with Crippen LogP contribution in [0.3, 0.4) is 0 Å². The Morgan fingerprint density at radius 3 is 2.41 bits per heavy atom. The number of halogens is 1. The van der Waals surface area contributed by atoms with Gasteiger partial charge in [0.2, 0.25) is 10.0 Å². The second kappa shape index (κ2) is 10.3. The van der Waals surface area contributed by atoms with Crippen LogP contribution in [0, 0.1) is 12.8 Å². The van der Waals surface area contributed by atoms with Gasteiger partial charge in [-0.25, -0.2) is 8.42 Å². The maximum Gasteiger partial charge on any atom is 0.309 e. The predicted octanol–water partition coefficient (Wildman–Crippen LogP) is 3.24. The van der Waals surface area contributed by atoms with Crippen molar-refractivity contribution in [3.8, 4) is 5.75 Å². The van der Waals surface area contributed by atoms with Crippen LogP contribution < -0.4 is 10.1 Å². The number of hydrogen-bond acceptors (Lipinski definition) is 6. The molecule has 1 N–H and O–H groups in total. The van der Waals surface area contributed by atoms with E-state index in [1.54, 1.807) is 37.3 Å². The van der Waals surface area contributed by atoms with Crippen LogP contribution in [-0.2, 0) is 24.3 Å². The Morgan fingerprint density at radius 1 is 1.12 bits per heavy atom. The van der Waals surface area contributed by atoms with E-state index >= 15 is 0 Å². The Labute approximate surface area is 192 Å². The monoisotopic (exact) mass is 480 g/mol. The van der Waals surface area contributed by atoms with Gasteiger partial charge in [0, 0.05) is 23.8 Å². The molecule has 2 aromatic carbocycles. The molecule has 0 unspecified atom stereocenters. The van der Waals surface area contributed by atoms with Gasteiger partial charge >= 0.3 is 5.97 Å². The third kappa shape index (κ3) is 5.59. The standard InChI is InChI=1S/C22H25ClN2O6S/c1-15-19(23)4-3-5-20(15)24-21(26)14-31-22(27)16-10-12-25(13-11-16)32(28,29)18-8-6-17(30-2)7-9-18/h3-9,16H,10-14H2,1-2H3,(H,24,26). The van der Waals surface area contributed by atoms with Crippen LogP contribution in [0.2, 0.25) is 5.02 Å². The summed E-state index contributed by atoms with van der Waals surface area (Å²) < 4.78 is 37.2. The van der Waals surface area contributed by atoms with Gasteiger partial charge in [-0.1, -0.05) is 17.7 Å². The molecule has 0 spiro atoms. The molecule has 172 valence electrons. The third-order valence-corrected chi connectivity index (χ3v) is 7.69. The quantitative estimate of drug-likeness (QED) is 0.610. The van der Waals surface area contributed by atoms with Gasteiger partial charge in [0.05, 0.1) is 17.9 Å². The summed E-state index contributed by atoms with van der Waals surface area (Å²) in [6.07, 6.45) is 0.645. The molecule has 1 amide bonds. The maximum absolute atomic E-state index is 12.8. The number of benzene rings is 2. The molecule has 8 nitrogen and oxygen atoms in total. The molecule has 2 aromatic rings. The number of esters is 1. The lowest BCUT2D eigenvalue weighted by Crippen LogP contribution is -2.40. The highest BCUT2D eigenvalue weighted by atomic mass is 35.5. The average Bonchev–Trinajstić information content (AvgIpc) is 2.80. The largest absolute Gasteiger partial charge is 0.497 e. The van der Waals surface area contributed by atoms with E-state index in [-0.39, 0.29) is 18.0 Å². The molecule has 10 heteroatoms. The van der Waals surface area contributed by atoms with Crippen molar-refractivity contribution in [1.82, 2.24) is 4.31 Å². The first-order valence-corrected chi connectivity index (χ1v) is 11.9. The summed E-state index contributed by atoms with van der Waals surface area (Å²) in [6.45, 7) is 1.75. The average molecular weight is 481 g/mol. The molecule has 3 rings (SSSR count). The number of sulfonamides is 1. The van der Waals surface area contributed by atoms with E-state index in [0.717, 1.165) is 5.56 Å². The van der Waals surface area contributed by atoms with Crippen LogP contribution in [0.25, 0.3) is 0 Å². The van der Waals surface area contributed by atoms with Crippen LogP contribution >= 0.6 is 11.6 Å². The molecule has 1 heterocycles. The zero-order chi connectivity index (χ0) is 23.3. The third-order valence-electron chi connectivity index (χ3n) is 5.37. The number of carbonyl (C=O) groups excluding carboxylic acids is 2. The van der Waals surface area contributed by atoms with Crippen LogP contribution in [0.5, 0.6) is 5.75 Å². The lowest BCUT2D eigenvalue weighted by Gasteiger charge is -2.30. The van der Waals surface area contributed by atoms with Crippen molar-refractivity contribution in [1.29, 1.82) is 0 Å². The molecule has 0 atom stereocenters. The first kappa shape index (κ1) is 24.0. The lowest BCUT2D eigenvalue weighted by molar-refractivity contribution is -0.152. The summed E-state index contributed by atoms with van der Waals surface area (Å²) in [4.78, 5) is 24.7. The highest BCUT2D eigenvalue weighted by Crippen LogP contribution is 2.26. The van der Waals surface area contributed by atoms with Crippen LogP contribution in [0.1, 0.15) is 18.4 Å². The van der Waals surface area contributed by atoms with Gasteiger partial charge in [-0.3, -0.25) is 9.59 Å². The number of nitrogens with one attached hydrogen (secondary N) is 1. The molecule has 0 radical (unpaired) electrons. The molecular formula is C22H25ClN2O6S. The van der Waals surface area contributed by atoms with Gasteiger partial charge in [-0.05, 0) is 61.7 Å². The fourth-order valence-corrected chi connectivity index (χ4v) is 5.06. The number of nitrogens with zero attached hydrogens (tertiary/aromatic N) is 1. The topological polar surface area (TPSA) is 102 Å². The number of ether oxygens (including phenoxy) is 2. The van der Waals surface area contributed by atoms with E-state index in [2.05, 4.69) is 5.32 Å². The maximum atomic E-state index is 12.8.